The highest BCUT2D eigenvalue weighted by Gasteiger charge is 2.48. The van der Waals surface area contributed by atoms with Gasteiger partial charge in [-0.25, -0.2) is 4.39 Å². The van der Waals surface area contributed by atoms with Crippen LogP contribution in [-0.4, -0.2) is 53.6 Å². The van der Waals surface area contributed by atoms with Gasteiger partial charge in [0.25, 0.3) is 0 Å². The van der Waals surface area contributed by atoms with Gasteiger partial charge in [0, 0.05) is 31.1 Å². The van der Waals surface area contributed by atoms with Crippen molar-refractivity contribution in [1.29, 1.82) is 0 Å². The zero-order chi connectivity index (χ0) is 14.3. The number of halogens is 1. The van der Waals surface area contributed by atoms with Crippen molar-refractivity contribution in [1.82, 2.24) is 9.80 Å². The van der Waals surface area contributed by atoms with Crippen LogP contribution in [-0.2, 0) is 4.79 Å². The van der Waals surface area contributed by atoms with E-state index in [0.717, 1.165) is 26.1 Å². The Bertz CT molecular complexity index is 381. The van der Waals surface area contributed by atoms with Crippen LogP contribution >= 0.6 is 0 Å². The number of amides is 1. The summed E-state index contributed by atoms with van der Waals surface area (Å²) in [4.78, 5) is 17.0. The summed E-state index contributed by atoms with van der Waals surface area (Å²) in [6, 6.07) is 0. The summed E-state index contributed by atoms with van der Waals surface area (Å²) >= 11 is 0. The second kappa shape index (κ2) is 5.28. The molecule has 4 heteroatoms. The number of rotatable bonds is 3. The lowest BCUT2D eigenvalue weighted by atomic mass is 9.82. The van der Waals surface area contributed by atoms with Crippen LogP contribution in [0.15, 0.2) is 0 Å². The third-order valence-electron chi connectivity index (χ3n) is 5.40. The zero-order valence-corrected chi connectivity index (χ0v) is 12.8. The highest BCUT2D eigenvalue weighted by atomic mass is 19.1. The number of hydrogen-bond donors (Lipinski definition) is 0. The van der Waals surface area contributed by atoms with Crippen molar-refractivity contribution in [3.8, 4) is 0 Å². The fourth-order valence-corrected chi connectivity index (χ4v) is 4.23. The lowest BCUT2D eigenvalue weighted by Crippen LogP contribution is -2.49. The molecule has 0 aromatic heterocycles. The largest absolute Gasteiger partial charge is 0.341 e. The molecular weight excluding hydrogens is 255 g/mol. The van der Waals surface area contributed by atoms with Gasteiger partial charge in [0.15, 0.2) is 0 Å². The molecule has 1 aliphatic carbocycles. The molecule has 1 amide bonds. The number of carbonyl (C=O) groups is 1. The van der Waals surface area contributed by atoms with Gasteiger partial charge in [-0.3, -0.25) is 9.69 Å². The van der Waals surface area contributed by atoms with E-state index in [0.29, 0.717) is 18.8 Å². The lowest BCUT2D eigenvalue weighted by molar-refractivity contribution is -0.139. The first kappa shape index (κ1) is 14.3. The van der Waals surface area contributed by atoms with Crippen LogP contribution in [0.3, 0.4) is 0 Å². The quantitative estimate of drug-likeness (QED) is 0.794. The highest BCUT2D eigenvalue weighted by Crippen LogP contribution is 2.40. The Labute approximate surface area is 121 Å². The van der Waals surface area contributed by atoms with Crippen LogP contribution in [0.5, 0.6) is 0 Å². The number of alkyl halides is 1. The molecule has 3 aliphatic rings. The molecule has 1 atom stereocenters. The van der Waals surface area contributed by atoms with E-state index in [4.69, 9.17) is 0 Å². The van der Waals surface area contributed by atoms with E-state index >= 15 is 0 Å². The molecule has 2 heterocycles. The van der Waals surface area contributed by atoms with Gasteiger partial charge in [0.05, 0.1) is 0 Å². The minimum atomic E-state index is -0.732. The molecule has 1 spiro atoms. The molecule has 0 bridgehead atoms. The van der Waals surface area contributed by atoms with Gasteiger partial charge in [0.2, 0.25) is 5.91 Å². The van der Waals surface area contributed by atoms with Crippen LogP contribution in [0.25, 0.3) is 0 Å². The number of hydrogen-bond acceptors (Lipinski definition) is 2. The standard InChI is InChI=1S/C16H27FN2O/c1-12(2)10-19-6-3-4-16(19)5-7-18(11-16)15(20)13-8-14(17)9-13/h12-14H,3-11H2,1-2H3. The number of nitrogens with zero attached hydrogens (tertiary/aromatic N) is 2. The summed E-state index contributed by atoms with van der Waals surface area (Å²) < 4.78 is 12.9. The fourth-order valence-electron chi connectivity index (χ4n) is 4.23. The molecule has 114 valence electrons. The first-order valence-corrected chi connectivity index (χ1v) is 8.18. The minimum Gasteiger partial charge on any atom is -0.341 e. The van der Waals surface area contributed by atoms with E-state index in [-0.39, 0.29) is 17.4 Å². The lowest BCUT2D eigenvalue weighted by Gasteiger charge is -2.37. The summed E-state index contributed by atoms with van der Waals surface area (Å²) in [5.41, 5.74) is 0.235. The van der Waals surface area contributed by atoms with Gasteiger partial charge >= 0.3 is 0 Å². The second-order valence-electron chi connectivity index (χ2n) is 7.44. The molecule has 1 saturated carbocycles. The predicted molar refractivity (Wildman–Crippen MR) is 77.2 cm³/mol. The monoisotopic (exact) mass is 282 g/mol. The molecule has 3 rings (SSSR count). The SMILES string of the molecule is CC(C)CN1CCCC12CCN(C(=O)C1CC(F)C1)C2. The summed E-state index contributed by atoms with van der Waals surface area (Å²) in [5, 5.41) is 0. The molecule has 2 aliphatic heterocycles. The third-order valence-corrected chi connectivity index (χ3v) is 5.40. The molecule has 3 fully saturated rings. The Hall–Kier alpha value is -0.640. The third kappa shape index (κ3) is 2.47. The average molecular weight is 282 g/mol. The van der Waals surface area contributed by atoms with Gasteiger partial charge in [-0.15, -0.1) is 0 Å². The van der Waals surface area contributed by atoms with Crippen molar-refractivity contribution in [2.75, 3.05) is 26.2 Å². The average Bonchev–Trinajstić information content (AvgIpc) is 2.94. The summed E-state index contributed by atoms with van der Waals surface area (Å²) in [7, 11) is 0. The Morgan fingerprint density at radius 1 is 1.30 bits per heavy atom. The van der Waals surface area contributed by atoms with Crippen LogP contribution in [0.4, 0.5) is 4.39 Å². The molecular formula is C16H27FN2O. The normalized spacial score (nSPS) is 37.9. The first-order valence-electron chi connectivity index (χ1n) is 8.18. The van der Waals surface area contributed by atoms with E-state index in [9.17, 15) is 9.18 Å². The molecule has 0 radical (unpaired) electrons. The van der Waals surface area contributed by atoms with E-state index in [2.05, 4.69) is 18.7 Å². The molecule has 1 unspecified atom stereocenters. The van der Waals surface area contributed by atoms with Crippen LogP contribution < -0.4 is 0 Å². The molecule has 0 aromatic rings. The molecule has 3 nitrogen and oxygen atoms in total. The van der Waals surface area contributed by atoms with Gasteiger partial charge in [-0.2, -0.15) is 0 Å². The number of carbonyl (C=O) groups excluding carboxylic acids is 1. The van der Waals surface area contributed by atoms with E-state index in [1.165, 1.54) is 19.4 Å². The maximum Gasteiger partial charge on any atom is 0.225 e. The smallest absolute Gasteiger partial charge is 0.225 e. The van der Waals surface area contributed by atoms with Crippen molar-refractivity contribution >= 4 is 5.91 Å². The highest BCUT2D eigenvalue weighted by molar-refractivity contribution is 5.80. The Morgan fingerprint density at radius 3 is 2.70 bits per heavy atom. The Balaban J connectivity index is 1.61. The van der Waals surface area contributed by atoms with Crippen LogP contribution in [0, 0.1) is 11.8 Å². The predicted octanol–water partition coefficient (Wildman–Crippen LogP) is 2.46. The van der Waals surface area contributed by atoms with Crippen molar-refractivity contribution in [2.45, 2.75) is 57.7 Å². The van der Waals surface area contributed by atoms with Gasteiger partial charge in [0.1, 0.15) is 6.17 Å². The van der Waals surface area contributed by atoms with Crippen LogP contribution in [0.2, 0.25) is 0 Å². The topological polar surface area (TPSA) is 23.6 Å². The number of likely N-dealkylation sites (tertiary alicyclic amines) is 2. The van der Waals surface area contributed by atoms with Crippen molar-refractivity contribution in [3.63, 3.8) is 0 Å². The van der Waals surface area contributed by atoms with Gasteiger partial charge < -0.3 is 4.90 Å². The zero-order valence-electron chi connectivity index (χ0n) is 12.8. The minimum absolute atomic E-state index is 0.0277. The maximum atomic E-state index is 12.9. The van der Waals surface area contributed by atoms with E-state index in [1.54, 1.807) is 0 Å². The fraction of sp³-hybridized carbons (Fsp3) is 0.938. The van der Waals surface area contributed by atoms with E-state index < -0.39 is 6.17 Å². The van der Waals surface area contributed by atoms with E-state index in [1.807, 2.05) is 4.90 Å². The second-order valence-corrected chi connectivity index (χ2v) is 7.44. The molecule has 20 heavy (non-hydrogen) atoms. The first-order chi connectivity index (χ1) is 9.50. The summed E-state index contributed by atoms with van der Waals surface area (Å²) in [5.74, 6) is 0.862. The van der Waals surface area contributed by atoms with Gasteiger partial charge in [-0.05, 0) is 44.6 Å². The van der Waals surface area contributed by atoms with Crippen molar-refractivity contribution in [3.05, 3.63) is 0 Å². The Morgan fingerprint density at radius 2 is 2.05 bits per heavy atom. The summed E-state index contributed by atoms with van der Waals surface area (Å²) in [6.07, 6.45) is 3.77. The molecule has 0 aromatic carbocycles. The summed E-state index contributed by atoms with van der Waals surface area (Å²) in [6.45, 7) is 8.60. The maximum absolute atomic E-state index is 12.9. The van der Waals surface area contributed by atoms with Crippen molar-refractivity contribution < 1.29 is 9.18 Å². The molecule has 2 saturated heterocycles. The Kier molecular flexibility index (Phi) is 3.78. The van der Waals surface area contributed by atoms with Crippen molar-refractivity contribution in [2.24, 2.45) is 11.8 Å². The van der Waals surface area contributed by atoms with Gasteiger partial charge in [-0.1, -0.05) is 13.8 Å². The molecule has 0 N–H and O–H groups in total. The van der Waals surface area contributed by atoms with Crippen LogP contribution in [0.1, 0.15) is 46.0 Å².